The Morgan fingerprint density at radius 2 is 1.07 bits per heavy atom. The summed E-state index contributed by atoms with van der Waals surface area (Å²) in [5, 5.41) is 9.15. The van der Waals surface area contributed by atoms with Crippen molar-refractivity contribution in [2.24, 2.45) is 5.73 Å². The number of carbonyl (C=O) groups excluding carboxylic acids is 3. The van der Waals surface area contributed by atoms with Gasteiger partial charge in [0, 0.05) is 19.4 Å². The SMILES string of the molecule is CCCCCC=C(C)C/C=C\CCCCCCCC(=O)OCCN(CCOC(=O)CCCCCCC/C=C\C/C=C\CCCCC)C(=O)C(N)CCCO. The maximum absolute atomic E-state index is 13.0. The Labute approximate surface area is 331 Å². The van der Waals surface area contributed by atoms with Gasteiger partial charge < -0.3 is 25.2 Å². The highest BCUT2D eigenvalue weighted by Gasteiger charge is 2.21. The number of aliphatic hydroxyl groups excluding tert-OH is 1. The standard InChI is InChI=1S/C46H82N2O6/c1-4-6-8-10-11-12-13-14-15-16-17-18-22-25-29-35-44(50)53-40-37-48(46(52)43(47)34-31-39-49)38-41-54-45(51)36-30-26-23-20-19-21-24-28-33-42(3)32-27-9-7-5-2/h11-12,14-15,24,28,32,43,49H,4-10,13,16-23,25-27,29-31,33-41,47H2,1-3H3/b12-11-,15-14-,28-24-,42-32?. The van der Waals surface area contributed by atoms with Gasteiger partial charge in [-0.05, 0) is 96.8 Å². The Hall–Kier alpha value is -2.71. The number of rotatable bonds is 38. The van der Waals surface area contributed by atoms with Crippen molar-refractivity contribution in [1.29, 1.82) is 0 Å². The first-order valence-corrected chi connectivity index (χ1v) is 21.9. The molecule has 0 aliphatic carbocycles. The number of hydrogen-bond acceptors (Lipinski definition) is 7. The van der Waals surface area contributed by atoms with Crippen molar-refractivity contribution in [3.05, 3.63) is 48.1 Å². The molecule has 1 unspecified atom stereocenters. The normalized spacial score (nSPS) is 12.6. The van der Waals surface area contributed by atoms with Crippen LogP contribution in [0.15, 0.2) is 48.1 Å². The number of ether oxygens (including phenoxy) is 2. The van der Waals surface area contributed by atoms with Crippen LogP contribution in [-0.2, 0) is 23.9 Å². The summed E-state index contributed by atoms with van der Waals surface area (Å²) in [5.74, 6) is -0.832. The summed E-state index contributed by atoms with van der Waals surface area (Å²) in [4.78, 5) is 39.2. The minimum absolute atomic E-state index is 0.0434. The van der Waals surface area contributed by atoms with Crippen molar-refractivity contribution >= 4 is 17.8 Å². The third kappa shape index (κ3) is 35.0. The first kappa shape index (κ1) is 51.3. The predicted molar refractivity (Wildman–Crippen MR) is 226 cm³/mol. The molecule has 0 saturated carbocycles. The molecule has 0 aromatic carbocycles. The lowest BCUT2D eigenvalue weighted by Gasteiger charge is -2.25. The highest BCUT2D eigenvalue weighted by Crippen LogP contribution is 2.12. The highest BCUT2D eigenvalue weighted by atomic mass is 16.5. The smallest absolute Gasteiger partial charge is 0.305 e. The van der Waals surface area contributed by atoms with E-state index in [-0.39, 0.29) is 50.8 Å². The zero-order valence-electron chi connectivity index (χ0n) is 35.1. The zero-order chi connectivity index (χ0) is 39.7. The molecule has 1 atom stereocenters. The van der Waals surface area contributed by atoms with E-state index in [0.29, 0.717) is 25.7 Å². The fourth-order valence-corrected chi connectivity index (χ4v) is 6.04. The highest BCUT2D eigenvalue weighted by molar-refractivity contribution is 5.81. The number of nitrogens with zero attached hydrogens (tertiary/aromatic N) is 1. The van der Waals surface area contributed by atoms with Gasteiger partial charge >= 0.3 is 11.9 Å². The predicted octanol–water partition coefficient (Wildman–Crippen LogP) is 11.0. The summed E-state index contributed by atoms with van der Waals surface area (Å²) in [6.07, 6.45) is 42.2. The van der Waals surface area contributed by atoms with Crippen molar-refractivity contribution in [1.82, 2.24) is 4.90 Å². The fourth-order valence-electron chi connectivity index (χ4n) is 6.04. The Kier molecular flexibility index (Phi) is 38.0. The van der Waals surface area contributed by atoms with E-state index < -0.39 is 6.04 Å². The molecule has 0 fully saturated rings. The molecule has 54 heavy (non-hydrogen) atoms. The molecule has 0 bridgehead atoms. The second-order valence-electron chi connectivity index (χ2n) is 14.7. The molecule has 0 aliphatic heterocycles. The van der Waals surface area contributed by atoms with Crippen molar-refractivity contribution in [3.8, 4) is 0 Å². The fraction of sp³-hybridized carbons (Fsp3) is 0.761. The molecule has 3 N–H and O–H groups in total. The van der Waals surface area contributed by atoms with E-state index in [1.165, 1.54) is 61.8 Å². The summed E-state index contributed by atoms with van der Waals surface area (Å²) >= 11 is 0. The lowest BCUT2D eigenvalue weighted by atomic mass is 10.1. The molecule has 0 saturated heterocycles. The molecular formula is C46H82N2O6. The maximum Gasteiger partial charge on any atom is 0.305 e. The van der Waals surface area contributed by atoms with E-state index >= 15 is 0 Å². The molecule has 8 heteroatoms. The van der Waals surface area contributed by atoms with Gasteiger partial charge in [0.2, 0.25) is 5.91 Å². The largest absolute Gasteiger partial charge is 0.464 e. The van der Waals surface area contributed by atoms with E-state index in [9.17, 15) is 14.4 Å². The zero-order valence-corrected chi connectivity index (χ0v) is 35.1. The molecule has 0 spiro atoms. The Balaban J connectivity index is 4.18. The van der Waals surface area contributed by atoms with Gasteiger partial charge in [-0.1, -0.05) is 126 Å². The lowest BCUT2D eigenvalue weighted by Crippen LogP contribution is -2.46. The van der Waals surface area contributed by atoms with E-state index in [1.807, 2.05) is 0 Å². The topological polar surface area (TPSA) is 119 Å². The Bertz CT molecular complexity index is 1020. The van der Waals surface area contributed by atoms with Gasteiger partial charge in [-0.2, -0.15) is 0 Å². The molecule has 0 aromatic rings. The third-order valence-corrected chi connectivity index (χ3v) is 9.54. The molecule has 0 aliphatic rings. The average molecular weight is 759 g/mol. The lowest BCUT2D eigenvalue weighted by molar-refractivity contribution is -0.148. The molecule has 0 radical (unpaired) electrons. The van der Waals surface area contributed by atoms with Crippen molar-refractivity contribution in [3.63, 3.8) is 0 Å². The average Bonchev–Trinajstić information content (AvgIpc) is 3.16. The molecule has 0 aromatic heterocycles. The molecular weight excluding hydrogens is 677 g/mol. The minimum Gasteiger partial charge on any atom is -0.464 e. The van der Waals surface area contributed by atoms with Crippen LogP contribution in [0, 0.1) is 0 Å². The second-order valence-corrected chi connectivity index (χ2v) is 14.7. The molecule has 312 valence electrons. The van der Waals surface area contributed by atoms with Crippen LogP contribution >= 0.6 is 0 Å². The van der Waals surface area contributed by atoms with E-state index in [4.69, 9.17) is 20.3 Å². The quantitative estimate of drug-likeness (QED) is 0.0365. The van der Waals surface area contributed by atoms with Crippen LogP contribution in [-0.4, -0.2) is 66.8 Å². The molecule has 1 amide bonds. The number of allylic oxidation sites excluding steroid dienone is 8. The maximum atomic E-state index is 13.0. The summed E-state index contributed by atoms with van der Waals surface area (Å²) in [6, 6.07) is -0.770. The van der Waals surface area contributed by atoms with Crippen molar-refractivity contribution < 1.29 is 29.0 Å². The van der Waals surface area contributed by atoms with Gasteiger partial charge in [-0.15, -0.1) is 0 Å². The molecule has 0 rings (SSSR count). The molecule has 0 heterocycles. The van der Waals surface area contributed by atoms with Gasteiger partial charge in [0.25, 0.3) is 0 Å². The summed E-state index contributed by atoms with van der Waals surface area (Å²) in [5.41, 5.74) is 7.54. The monoisotopic (exact) mass is 759 g/mol. The van der Waals surface area contributed by atoms with E-state index in [0.717, 1.165) is 89.9 Å². The van der Waals surface area contributed by atoms with Crippen molar-refractivity contribution in [2.75, 3.05) is 32.9 Å². The van der Waals surface area contributed by atoms with Crippen LogP contribution in [0.5, 0.6) is 0 Å². The summed E-state index contributed by atoms with van der Waals surface area (Å²) in [6.45, 7) is 7.14. The first-order valence-electron chi connectivity index (χ1n) is 21.9. The van der Waals surface area contributed by atoms with E-state index in [2.05, 4.69) is 63.3 Å². The summed E-state index contributed by atoms with van der Waals surface area (Å²) in [7, 11) is 0. The number of nitrogens with two attached hydrogens (primary N) is 1. The van der Waals surface area contributed by atoms with Crippen LogP contribution < -0.4 is 5.73 Å². The second kappa shape index (κ2) is 40.0. The Morgan fingerprint density at radius 3 is 1.59 bits per heavy atom. The van der Waals surface area contributed by atoms with Gasteiger partial charge in [0.1, 0.15) is 13.2 Å². The summed E-state index contributed by atoms with van der Waals surface area (Å²) < 4.78 is 10.9. The van der Waals surface area contributed by atoms with Crippen LogP contribution in [0.3, 0.4) is 0 Å². The number of esters is 2. The third-order valence-electron chi connectivity index (χ3n) is 9.54. The number of unbranched alkanes of at least 4 members (excludes halogenated alkanes) is 16. The van der Waals surface area contributed by atoms with Crippen LogP contribution in [0.4, 0.5) is 0 Å². The van der Waals surface area contributed by atoms with Crippen LogP contribution in [0.2, 0.25) is 0 Å². The molecule has 8 nitrogen and oxygen atoms in total. The van der Waals surface area contributed by atoms with Gasteiger partial charge in [-0.25, -0.2) is 0 Å². The Morgan fingerprint density at radius 1 is 0.611 bits per heavy atom. The number of aliphatic hydroxyl groups is 1. The number of carbonyl (C=O) groups is 3. The van der Waals surface area contributed by atoms with E-state index in [1.54, 1.807) is 0 Å². The minimum atomic E-state index is -0.770. The van der Waals surface area contributed by atoms with Gasteiger partial charge in [0.15, 0.2) is 0 Å². The van der Waals surface area contributed by atoms with Crippen LogP contribution in [0.1, 0.15) is 188 Å². The number of hydrogen-bond donors (Lipinski definition) is 2. The van der Waals surface area contributed by atoms with Crippen molar-refractivity contribution in [2.45, 2.75) is 194 Å². The first-order chi connectivity index (χ1) is 26.3. The van der Waals surface area contributed by atoms with Gasteiger partial charge in [0.05, 0.1) is 19.1 Å². The van der Waals surface area contributed by atoms with Crippen LogP contribution in [0.25, 0.3) is 0 Å². The van der Waals surface area contributed by atoms with Gasteiger partial charge in [-0.3, -0.25) is 14.4 Å². The number of amides is 1.